The Labute approximate surface area is 152 Å². The van der Waals surface area contributed by atoms with E-state index in [1.165, 1.54) is 7.11 Å². The van der Waals surface area contributed by atoms with Crippen LogP contribution in [-0.4, -0.2) is 71.1 Å². The molecule has 1 spiro atoms. The van der Waals surface area contributed by atoms with E-state index < -0.39 is 23.3 Å². The number of amides is 1. The number of likely N-dealkylation sites (tertiary alicyclic amines) is 1. The van der Waals surface area contributed by atoms with Crippen molar-refractivity contribution in [2.24, 2.45) is 0 Å². The first kappa shape index (κ1) is 18.8. The molecule has 0 saturated carbocycles. The summed E-state index contributed by atoms with van der Waals surface area (Å²) in [7, 11) is 1.28. The van der Waals surface area contributed by atoms with Crippen molar-refractivity contribution in [2.75, 3.05) is 26.8 Å². The van der Waals surface area contributed by atoms with E-state index in [1.807, 2.05) is 0 Å². The molecule has 0 bridgehead atoms. The number of nitrogens with zero attached hydrogens (tertiary/aromatic N) is 1. The van der Waals surface area contributed by atoms with Gasteiger partial charge in [-0.2, -0.15) is 0 Å². The molecular weight excluding hydrogens is 338 g/mol. The fourth-order valence-corrected chi connectivity index (χ4v) is 3.88. The number of hydrogen-bond acceptors (Lipinski definition) is 6. The van der Waals surface area contributed by atoms with Gasteiger partial charge in [0.25, 0.3) is 5.91 Å². The van der Waals surface area contributed by atoms with E-state index in [1.54, 1.807) is 36.1 Å². The molecule has 2 heterocycles. The molecule has 7 nitrogen and oxygen atoms in total. The number of ether oxygens (including phenoxy) is 2. The fraction of sp³-hybridized carbons (Fsp3) is 0.579. The summed E-state index contributed by atoms with van der Waals surface area (Å²) in [6, 6.07) is 6.56. The van der Waals surface area contributed by atoms with E-state index in [9.17, 15) is 19.8 Å². The highest BCUT2D eigenvalue weighted by molar-refractivity contribution is 6.05. The second kappa shape index (κ2) is 6.98. The SMILES string of the molecule is COC(=O)c1ccccc1C(=O)N1CCC2(CC1)OCC[C@@](C)(O)[C@@H]2O. The third-order valence-corrected chi connectivity index (χ3v) is 5.54. The van der Waals surface area contributed by atoms with Gasteiger partial charge in [-0.3, -0.25) is 4.79 Å². The standard InChI is InChI=1S/C19H25NO6/c1-18(24)9-12-26-19(17(18)23)7-10-20(11-8-19)15(21)13-5-3-4-6-14(13)16(22)25-2/h3-6,17,23-24H,7-12H2,1-2H3/t17-,18+/m0/s1. The third-order valence-electron chi connectivity index (χ3n) is 5.54. The van der Waals surface area contributed by atoms with Crippen LogP contribution in [-0.2, 0) is 9.47 Å². The second-order valence-corrected chi connectivity index (χ2v) is 7.25. The Hall–Kier alpha value is -1.96. The van der Waals surface area contributed by atoms with Gasteiger partial charge in [0.1, 0.15) is 11.7 Å². The third kappa shape index (κ3) is 3.22. The molecule has 2 atom stereocenters. The minimum absolute atomic E-state index is 0.233. The van der Waals surface area contributed by atoms with Crippen molar-refractivity contribution in [2.45, 2.75) is 43.5 Å². The fourth-order valence-electron chi connectivity index (χ4n) is 3.88. The van der Waals surface area contributed by atoms with Crippen LogP contribution in [0.4, 0.5) is 0 Å². The normalized spacial score (nSPS) is 28.0. The molecule has 2 aliphatic heterocycles. The summed E-state index contributed by atoms with van der Waals surface area (Å²) >= 11 is 0. The van der Waals surface area contributed by atoms with Crippen molar-refractivity contribution in [3.63, 3.8) is 0 Å². The molecule has 2 N–H and O–H groups in total. The van der Waals surface area contributed by atoms with Gasteiger partial charge in [0.05, 0.1) is 30.4 Å². The molecule has 1 aromatic rings. The van der Waals surface area contributed by atoms with Gasteiger partial charge in [0.2, 0.25) is 0 Å². The lowest BCUT2D eigenvalue weighted by molar-refractivity contribution is -0.244. The van der Waals surface area contributed by atoms with Crippen LogP contribution < -0.4 is 0 Å². The van der Waals surface area contributed by atoms with E-state index in [0.29, 0.717) is 44.5 Å². The minimum Gasteiger partial charge on any atom is -0.465 e. The van der Waals surface area contributed by atoms with Gasteiger partial charge in [-0.1, -0.05) is 12.1 Å². The van der Waals surface area contributed by atoms with Crippen LogP contribution >= 0.6 is 0 Å². The van der Waals surface area contributed by atoms with Crippen LogP contribution in [0.2, 0.25) is 0 Å². The van der Waals surface area contributed by atoms with Gasteiger partial charge >= 0.3 is 5.97 Å². The molecule has 3 rings (SSSR count). The molecule has 0 aromatic heterocycles. The Balaban J connectivity index is 1.75. The first-order chi connectivity index (χ1) is 12.3. The zero-order chi connectivity index (χ0) is 18.9. The molecule has 2 saturated heterocycles. The number of aliphatic hydroxyl groups is 2. The van der Waals surface area contributed by atoms with Crippen molar-refractivity contribution in [1.82, 2.24) is 4.90 Å². The Morgan fingerprint density at radius 3 is 2.42 bits per heavy atom. The van der Waals surface area contributed by atoms with Gasteiger partial charge in [-0.05, 0) is 31.9 Å². The number of hydrogen-bond donors (Lipinski definition) is 2. The van der Waals surface area contributed by atoms with E-state index in [2.05, 4.69) is 0 Å². The lowest BCUT2D eigenvalue weighted by Crippen LogP contribution is -2.64. The maximum absolute atomic E-state index is 12.9. The summed E-state index contributed by atoms with van der Waals surface area (Å²) in [6.07, 6.45) is 0.237. The number of benzene rings is 1. The van der Waals surface area contributed by atoms with Crippen LogP contribution in [0.5, 0.6) is 0 Å². The van der Waals surface area contributed by atoms with Gasteiger partial charge < -0.3 is 24.6 Å². The van der Waals surface area contributed by atoms with Crippen molar-refractivity contribution in [3.8, 4) is 0 Å². The maximum atomic E-state index is 12.9. The summed E-state index contributed by atoms with van der Waals surface area (Å²) in [5.41, 5.74) is -1.49. The summed E-state index contributed by atoms with van der Waals surface area (Å²) in [4.78, 5) is 26.4. The molecule has 0 aliphatic carbocycles. The Morgan fingerprint density at radius 1 is 1.19 bits per heavy atom. The highest BCUT2D eigenvalue weighted by atomic mass is 16.5. The Kier molecular flexibility index (Phi) is 5.05. The number of rotatable bonds is 2. The van der Waals surface area contributed by atoms with E-state index in [4.69, 9.17) is 9.47 Å². The lowest BCUT2D eigenvalue weighted by Gasteiger charge is -2.51. The van der Waals surface area contributed by atoms with E-state index >= 15 is 0 Å². The van der Waals surface area contributed by atoms with Crippen molar-refractivity contribution < 1.29 is 29.3 Å². The van der Waals surface area contributed by atoms with Crippen molar-refractivity contribution in [1.29, 1.82) is 0 Å². The van der Waals surface area contributed by atoms with E-state index in [-0.39, 0.29) is 11.5 Å². The maximum Gasteiger partial charge on any atom is 0.338 e. The summed E-state index contributed by atoms with van der Waals surface area (Å²) in [5, 5.41) is 20.9. The van der Waals surface area contributed by atoms with Crippen LogP contribution in [0.15, 0.2) is 24.3 Å². The summed E-state index contributed by atoms with van der Waals surface area (Å²) < 4.78 is 10.6. The molecule has 1 amide bonds. The summed E-state index contributed by atoms with van der Waals surface area (Å²) in [6.45, 7) is 2.75. The average Bonchev–Trinajstić information content (AvgIpc) is 2.65. The number of esters is 1. The molecule has 7 heteroatoms. The second-order valence-electron chi connectivity index (χ2n) is 7.25. The zero-order valence-corrected chi connectivity index (χ0v) is 15.1. The molecule has 0 unspecified atom stereocenters. The summed E-state index contributed by atoms with van der Waals surface area (Å²) in [5.74, 6) is -0.803. The first-order valence-electron chi connectivity index (χ1n) is 8.82. The predicted octanol–water partition coefficient (Wildman–Crippen LogP) is 0.980. The van der Waals surface area contributed by atoms with Gasteiger partial charge in [0, 0.05) is 19.5 Å². The number of piperidine rings is 1. The Bertz CT molecular complexity index is 693. The lowest BCUT2D eigenvalue weighted by atomic mass is 9.75. The molecular formula is C19H25NO6. The van der Waals surface area contributed by atoms with Gasteiger partial charge in [-0.25, -0.2) is 4.79 Å². The topological polar surface area (TPSA) is 96.3 Å². The minimum atomic E-state index is -1.19. The largest absolute Gasteiger partial charge is 0.465 e. The van der Waals surface area contributed by atoms with E-state index in [0.717, 1.165) is 0 Å². The highest BCUT2D eigenvalue weighted by Gasteiger charge is 2.53. The van der Waals surface area contributed by atoms with Crippen molar-refractivity contribution >= 4 is 11.9 Å². The number of carbonyl (C=O) groups is 2. The number of aliphatic hydroxyl groups excluding tert-OH is 1. The van der Waals surface area contributed by atoms with Crippen LogP contribution in [0.1, 0.15) is 46.9 Å². The van der Waals surface area contributed by atoms with Gasteiger partial charge in [0.15, 0.2) is 0 Å². The van der Waals surface area contributed by atoms with Crippen LogP contribution in [0.25, 0.3) is 0 Å². The molecule has 26 heavy (non-hydrogen) atoms. The number of carbonyl (C=O) groups excluding carboxylic acids is 2. The van der Waals surface area contributed by atoms with Crippen LogP contribution in [0, 0.1) is 0 Å². The predicted molar refractivity (Wildman–Crippen MR) is 92.8 cm³/mol. The zero-order valence-electron chi connectivity index (χ0n) is 15.1. The first-order valence-corrected chi connectivity index (χ1v) is 8.82. The van der Waals surface area contributed by atoms with Crippen molar-refractivity contribution in [3.05, 3.63) is 35.4 Å². The molecule has 1 aromatic carbocycles. The molecule has 0 radical (unpaired) electrons. The average molecular weight is 363 g/mol. The smallest absolute Gasteiger partial charge is 0.338 e. The Morgan fingerprint density at radius 2 is 1.81 bits per heavy atom. The molecule has 142 valence electrons. The monoisotopic (exact) mass is 363 g/mol. The highest BCUT2D eigenvalue weighted by Crippen LogP contribution is 2.40. The quantitative estimate of drug-likeness (QED) is 0.761. The number of methoxy groups -OCH3 is 1. The molecule has 2 aliphatic rings. The molecule has 2 fully saturated rings. The van der Waals surface area contributed by atoms with Gasteiger partial charge in [-0.15, -0.1) is 0 Å². The van der Waals surface area contributed by atoms with Crippen LogP contribution in [0.3, 0.4) is 0 Å².